The summed E-state index contributed by atoms with van der Waals surface area (Å²) >= 11 is 0. The third kappa shape index (κ3) is 2.93. The molecule has 2 aromatic rings. The molecule has 3 aliphatic rings. The molecule has 1 aromatic carbocycles. The average molecular weight is 393 g/mol. The summed E-state index contributed by atoms with van der Waals surface area (Å²) in [6.07, 6.45) is 5.10. The van der Waals surface area contributed by atoms with Crippen LogP contribution in [-0.2, 0) is 5.41 Å². The number of hydrogen-bond donors (Lipinski definition) is 2. The van der Waals surface area contributed by atoms with Crippen molar-refractivity contribution in [3.05, 3.63) is 59.3 Å². The van der Waals surface area contributed by atoms with E-state index in [4.69, 9.17) is 5.73 Å². The van der Waals surface area contributed by atoms with Gasteiger partial charge in [-0.2, -0.15) is 0 Å². The number of rotatable bonds is 2. The van der Waals surface area contributed by atoms with Gasteiger partial charge in [0.05, 0.1) is 17.7 Å². The normalized spacial score (nSPS) is 26.0. The first-order valence-corrected chi connectivity index (χ1v) is 10.6. The number of fused-ring (bicyclic) bond motifs is 2. The smallest absolute Gasteiger partial charge is 0.255 e. The highest BCUT2D eigenvalue weighted by Gasteiger charge is 2.54. The van der Waals surface area contributed by atoms with Crippen LogP contribution in [0.5, 0.6) is 0 Å². The molecule has 2 fully saturated rings. The average Bonchev–Trinajstić information content (AvgIpc) is 3.35. The van der Waals surface area contributed by atoms with Crippen LogP contribution in [0.25, 0.3) is 0 Å². The second-order valence-corrected chi connectivity index (χ2v) is 8.64. The number of likely N-dealkylation sites (tertiary alicyclic amines) is 2. The number of carbonyl (C=O) groups is 1. The first-order chi connectivity index (χ1) is 14.1. The zero-order chi connectivity index (χ0) is 20.0. The standard InChI is InChI=1S/C23H28N4O2/c24-19-8-7-16(15-25-19)22(29)27-13-9-23(10-14-27)18-6-2-1-5-17(18)20(21(23)28)26-11-3-4-12-26/h1-2,5-8,15,20-21,28H,3-4,9-14H2,(H2,24,25)/t20-,21+/m1/s1. The number of anilines is 1. The van der Waals surface area contributed by atoms with Crippen LogP contribution in [0.15, 0.2) is 42.6 Å². The fraction of sp³-hybridized carbons (Fsp3) is 0.478. The Labute approximate surface area is 171 Å². The van der Waals surface area contributed by atoms with Crippen molar-refractivity contribution in [2.75, 3.05) is 31.9 Å². The highest BCUT2D eigenvalue weighted by molar-refractivity contribution is 5.94. The number of amides is 1. The monoisotopic (exact) mass is 392 g/mol. The minimum absolute atomic E-state index is 0.00999. The van der Waals surface area contributed by atoms with E-state index in [0.717, 1.165) is 25.9 Å². The molecule has 1 aromatic heterocycles. The van der Waals surface area contributed by atoms with E-state index in [1.54, 1.807) is 18.3 Å². The maximum atomic E-state index is 12.9. The van der Waals surface area contributed by atoms with Crippen LogP contribution in [0.4, 0.5) is 5.82 Å². The molecule has 2 atom stereocenters. The van der Waals surface area contributed by atoms with Crippen LogP contribution < -0.4 is 5.73 Å². The lowest BCUT2D eigenvalue weighted by atomic mass is 9.72. The molecule has 6 nitrogen and oxygen atoms in total. The lowest BCUT2D eigenvalue weighted by Crippen LogP contribution is -2.50. The minimum atomic E-state index is -0.423. The van der Waals surface area contributed by atoms with Gasteiger partial charge in [0.15, 0.2) is 0 Å². The zero-order valence-corrected chi connectivity index (χ0v) is 16.6. The lowest BCUT2D eigenvalue weighted by Gasteiger charge is -2.43. The van der Waals surface area contributed by atoms with Crippen LogP contribution in [0.3, 0.4) is 0 Å². The summed E-state index contributed by atoms with van der Waals surface area (Å²) in [6, 6.07) is 12.0. The van der Waals surface area contributed by atoms with Crippen LogP contribution in [0.1, 0.15) is 53.2 Å². The number of aromatic nitrogens is 1. The van der Waals surface area contributed by atoms with Gasteiger partial charge in [-0.25, -0.2) is 4.98 Å². The highest BCUT2D eigenvalue weighted by atomic mass is 16.3. The van der Waals surface area contributed by atoms with Crippen LogP contribution >= 0.6 is 0 Å². The Balaban J connectivity index is 1.39. The van der Waals surface area contributed by atoms with E-state index in [0.29, 0.717) is 24.5 Å². The molecule has 3 N–H and O–H groups in total. The second-order valence-electron chi connectivity index (χ2n) is 8.64. The molecule has 152 valence electrons. The number of carbonyl (C=O) groups excluding carboxylic acids is 1. The minimum Gasteiger partial charge on any atom is -0.390 e. The van der Waals surface area contributed by atoms with Gasteiger partial charge in [0.2, 0.25) is 0 Å². The number of nitrogen functional groups attached to an aromatic ring is 1. The third-order valence-electron chi connectivity index (χ3n) is 7.19. The quantitative estimate of drug-likeness (QED) is 0.820. The van der Waals surface area contributed by atoms with Crippen molar-refractivity contribution in [2.45, 2.75) is 43.2 Å². The third-order valence-corrected chi connectivity index (χ3v) is 7.19. The van der Waals surface area contributed by atoms with E-state index in [-0.39, 0.29) is 17.4 Å². The molecule has 0 radical (unpaired) electrons. The molecule has 0 saturated carbocycles. The van der Waals surface area contributed by atoms with Gasteiger partial charge in [-0.1, -0.05) is 24.3 Å². The molecule has 1 aliphatic carbocycles. The Morgan fingerprint density at radius 1 is 1.07 bits per heavy atom. The van der Waals surface area contributed by atoms with E-state index in [2.05, 4.69) is 34.1 Å². The maximum Gasteiger partial charge on any atom is 0.255 e. The summed E-state index contributed by atoms with van der Waals surface area (Å²) in [5, 5.41) is 11.5. The van der Waals surface area contributed by atoms with Crippen LogP contribution in [-0.4, -0.2) is 58.1 Å². The Bertz CT molecular complexity index is 899. The van der Waals surface area contributed by atoms with Gasteiger partial charge in [0, 0.05) is 24.7 Å². The molecule has 29 heavy (non-hydrogen) atoms. The maximum absolute atomic E-state index is 12.9. The van der Waals surface area contributed by atoms with Crippen molar-refractivity contribution in [3.8, 4) is 0 Å². The Morgan fingerprint density at radius 3 is 2.48 bits per heavy atom. The topological polar surface area (TPSA) is 82.7 Å². The molecular formula is C23H28N4O2. The number of nitrogens with zero attached hydrogens (tertiary/aromatic N) is 3. The van der Waals surface area contributed by atoms with Crippen molar-refractivity contribution in [1.29, 1.82) is 0 Å². The molecule has 2 saturated heterocycles. The second kappa shape index (κ2) is 7.11. The molecule has 1 amide bonds. The fourth-order valence-corrected chi connectivity index (χ4v) is 5.64. The number of pyridine rings is 1. The summed E-state index contributed by atoms with van der Waals surface area (Å²) in [5.41, 5.74) is 8.51. The van der Waals surface area contributed by atoms with E-state index in [1.807, 2.05) is 4.90 Å². The first kappa shape index (κ1) is 18.6. The molecule has 1 spiro atoms. The lowest BCUT2D eigenvalue weighted by molar-refractivity contribution is -0.00776. The number of hydrogen-bond acceptors (Lipinski definition) is 5. The van der Waals surface area contributed by atoms with Gasteiger partial charge < -0.3 is 15.7 Å². The van der Waals surface area contributed by atoms with Gasteiger partial charge in [-0.05, 0) is 62.0 Å². The van der Waals surface area contributed by atoms with E-state index in [9.17, 15) is 9.90 Å². The first-order valence-electron chi connectivity index (χ1n) is 10.6. The number of piperidine rings is 1. The highest BCUT2D eigenvalue weighted by Crippen LogP contribution is 2.53. The molecule has 3 heterocycles. The van der Waals surface area contributed by atoms with Crippen molar-refractivity contribution in [2.24, 2.45) is 0 Å². The van der Waals surface area contributed by atoms with Crippen molar-refractivity contribution in [1.82, 2.24) is 14.8 Å². The molecule has 5 rings (SSSR count). The largest absolute Gasteiger partial charge is 0.390 e. The van der Waals surface area contributed by atoms with E-state index >= 15 is 0 Å². The predicted molar refractivity (Wildman–Crippen MR) is 111 cm³/mol. The van der Waals surface area contributed by atoms with Crippen molar-refractivity contribution < 1.29 is 9.90 Å². The number of nitrogens with two attached hydrogens (primary N) is 1. The SMILES string of the molecule is Nc1ccc(C(=O)N2CCC3(CC2)c2ccccc2[C@@H](N2CCCC2)[C@@H]3O)cn1. The summed E-state index contributed by atoms with van der Waals surface area (Å²) in [6.45, 7) is 3.39. The number of aliphatic hydroxyl groups excluding tert-OH is 1. The van der Waals surface area contributed by atoms with Gasteiger partial charge >= 0.3 is 0 Å². The zero-order valence-electron chi connectivity index (χ0n) is 16.6. The number of benzene rings is 1. The number of aliphatic hydroxyl groups is 1. The Morgan fingerprint density at radius 2 is 1.79 bits per heavy atom. The van der Waals surface area contributed by atoms with Gasteiger partial charge in [0.25, 0.3) is 5.91 Å². The van der Waals surface area contributed by atoms with Crippen LogP contribution in [0.2, 0.25) is 0 Å². The van der Waals surface area contributed by atoms with Crippen molar-refractivity contribution >= 4 is 11.7 Å². The van der Waals surface area contributed by atoms with Gasteiger partial charge in [-0.15, -0.1) is 0 Å². The molecule has 0 unspecified atom stereocenters. The van der Waals surface area contributed by atoms with E-state index < -0.39 is 6.10 Å². The predicted octanol–water partition coefficient (Wildman–Crippen LogP) is 2.35. The van der Waals surface area contributed by atoms with Crippen molar-refractivity contribution in [3.63, 3.8) is 0 Å². The van der Waals surface area contributed by atoms with Gasteiger partial charge in [0.1, 0.15) is 5.82 Å². The Kier molecular flexibility index (Phi) is 4.56. The summed E-state index contributed by atoms with van der Waals surface area (Å²) in [7, 11) is 0. The fourth-order valence-electron chi connectivity index (χ4n) is 5.64. The molecular weight excluding hydrogens is 364 g/mol. The summed E-state index contributed by atoms with van der Waals surface area (Å²) < 4.78 is 0. The van der Waals surface area contributed by atoms with E-state index in [1.165, 1.54) is 24.0 Å². The van der Waals surface area contributed by atoms with Gasteiger partial charge in [-0.3, -0.25) is 9.69 Å². The Hall–Kier alpha value is -2.44. The molecule has 0 bridgehead atoms. The molecule has 6 heteroatoms. The molecule has 2 aliphatic heterocycles. The summed E-state index contributed by atoms with van der Waals surface area (Å²) in [4.78, 5) is 21.3. The van der Waals surface area contributed by atoms with Crippen LogP contribution in [0, 0.1) is 0 Å². The summed E-state index contributed by atoms with van der Waals surface area (Å²) in [5.74, 6) is 0.405.